The van der Waals surface area contributed by atoms with Gasteiger partial charge in [-0.25, -0.2) is 4.84 Å². The van der Waals surface area contributed by atoms with Gasteiger partial charge in [0, 0.05) is 0 Å². The standard InChI is InChI=1S/C9H9ClNO/c10-11-9(7-12)6-8-4-2-1-3-5-8/h1-5,9,11H,6H2. The van der Waals surface area contributed by atoms with Crippen LogP contribution in [0.2, 0.25) is 0 Å². The Hall–Kier alpha value is -0.860. The van der Waals surface area contributed by atoms with Gasteiger partial charge in [-0.3, -0.25) is 4.79 Å². The maximum atomic E-state index is 10.3. The van der Waals surface area contributed by atoms with Gasteiger partial charge in [0.1, 0.15) is 0 Å². The molecule has 1 radical (unpaired) electrons. The van der Waals surface area contributed by atoms with Crippen LogP contribution in [0.15, 0.2) is 30.3 Å². The first-order chi connectivity index (χ1) is 5.86. The molecule has 63 valence electrons. The minimum atomic E-state index is -0.422. The van der Waals surface area contributed by atoms with Crippen molar-refractivity contribution >= 4 is 18.1 Å². The molecule has 0 aromatic heterocycles. The zero-order chi connectivity index (χ0) is 8.81. The van der Waals surface area contributed by atoms with Crippen LogP contribution < -0.4 is 4.84 Å². The van der Waals surface area contributed by atoms with Gasteiger partial charge in [-0.05, 0) is 23.8 Å². The van der Waals surface area contributed by atoms with Crippen molar-refractivity contribution in [2.75, 3.05) is 0 Å². The van der Waals surface area contributed by atoms with E-state index in [-0.39, 0.29) is 0 Å². The number of rotatable bonds is 4. The Morgan fingerprint density at radius 3 is 2.58 bits per heavy atom. The van der Waals surface area contributed by atoms with Crippen LogP contribution in [-0.4, -0.2) is 12.3 Å². The van der Waals surface area contributed by atoms with E-state index in [1.807, 2.05) is 36.6 Å². The Kier molecular flexibility index (Phi) is 3.77. The van der Waals surface area contributed by atoms with Crippen LogP contribution in [0.25, 0.3) is 0 Å². The van der Waals surface area contributed by atoms with Crippen molar-refractivity contribution in [3.8, 4) is 0 Å². The molecule has 2 nitrogen and oxygen atoms in total. The summed E-state index contributed by atoms with van der Waals surface area (Å²) >= 11 is 5.31. The first kappa shape index (κ1) is 9.23. The fraction of sp³-hybridized carbons (Fsp3) is 0.222. The minimum absolute atomic E-state index is 0.422. The highest BCUT2D eigenvalue weighted by Crippen LogP contribution is 2.01. The van der Waals surface area contributed by atoms with Crippen molar-refractivity contribution in [1.82, 2.24) is 4.84 Å². The molecule has 0 amide bonds. The van der Waals surface area contributed by atoms with Gasteiger partial charge in [-0.15, -0.1) is 0 Å². The largest absolute Gasteiger partial charge is 0.289 e. The molecule has 0 saturated carbocycles. The topological polar surface area (TPSA) is 29.1 Å². The summed E-state index contributed by atoms with van der Waals surface area (Å²) in [6.07, 6.45) is 2.38. The molecule has 1 aromatic carbocycles. The Morgan fingerprint density at radius 1 is 1.42 bits per heavy atom. The predicted octanol–water partition coefficient (Wildman–Crippen LogP) is 1.45. The number of hydrogen-bond acceptors (Lipinski definition) is 2. The van der Waals surface area contributed by atoms with Crippen LogP contribution in [0.3, 0.4) is 0 Å². The van der Waals surface area contributed by atoms with Crippen molar-refractivity contribution in [3.63, 3.8) is 0 Å². The molecule has 1 N–H and O–H groups in total. The van der Waals surface area contributed by atoms with Crippen molar-refractivity contribution in [3.05, 3.63) is 35.9 Å². The Bertz CT molecular complexity index is 238. The summed E-state index contributed by atoms with van der Waals surface area (Å²) in [6, 6.07) is 9.24. The molecule has 1 aromatic rings. The molecule has 1 atom stereocenters. The van der Waals surface area contributed by atoms with Gasteiger partial charge in [0.25, 0.3) is 0 Å². The lowest BCUT2D eigenvalue weighted by atomic mass is 10.1. The summed E-state index contributed by atoms with van der Waals surface area (Å²) in [5.74, 6) is 0. The highest BCUT2D eigenvalue weighted by atomic mass is 35.5. The fourth-order valence-corrected chi connectivity index (χ4v) is 1.07. The van der Waals surface area contributed by atoms with Crippen LogP contribution in [0.1, 0.15) is 5.56 Å². The monoisotopic (exact) mass is 182 g/mol. The molecular formula is C9H9ClNO. The summed E-state index contributed by atoms with van der Waals surface area (Å²) in [5.41, 5.74) is 1.07. The van der Waals surface area contributed by atoms with E-state index in [4.69, 9.17) is 11.8 Å². The van der Waals surface area contributed by atoms with E-state index in [0.717, 1.165) is 5.56 Å². The van der Waals surface area contributed by atoms with E-state index < -0.39 is 6.04 Å². The first-order valence-electron chi connectivity index (χ1n) is 3.64. The van der Waals surface area contributed by atoms with Gasteiger partial charge < -0.3 is 0 Å². The molecule has 0 saturated heterocycles. The summed E-state index contributed by atoms with van der Waals surface area (Å²) in [5, 5.41) is 0. The molecule has 0 bridgehead atoms. The number of halogens is 1. The zero-order valence-corrected chi connectivity index (χ0v) is 7.21. The van der Waals surface area contributed by atoms with Crippen LogP contribution in [0.5, 0.6) is 0 Å². The van der Waals surface area contributed by atoms with Crippen LogP contribution in [0, 0.1) is 0 Å². The van der Waals surface area contributed by atoms with Crippen LogP contribution in [0.4, 0.5) is 0 Å². The van der Waals surface area contributed by atoms with E-state index in [2.05, 4.69) is 4.84 Å². The molecular weight excluding hydrogens is 174 g/mol. The average molecular weight is 183 g/mol. The van der Waals surface area contributed by atoms with E-state index in [9.17, 15) is 4.79 Å². The third-order valence-corrected chi connectivity index (χ3v) is 1.82. The van der Waals surface area contributed by atoms with Crippen molar-refractivity contribution in [1.29, 1.82) is 0 Å². The summed E-state index contributed by atoms with van der Waals surface area (Å²) in [4.78, 5) is 12.6. The molecule has 1 rings (SSSR count). The lowest BCUT2D eigenvalue weighted by Crippen LogP contribution is -2.24. The number of nitrogens with one attached hydrogen (secondary N) is 1. The third kappa shape index (κ3) is 2.64. The van der Waals surface area contributed by atoms with Crippen LogP contribution >= 0.6 is 11.8 Å². The maximum absolute atomic E-state index is 10.3. The van der Waals surface area contributed by atoms with Crippen molar-refractivity contribution in [2.45, 2.75) is 12.5 Å². The Morgan fingerprint density at radius 2 is 2.08 bits per heavy atom. The average Bonchev–Trinajstić information content (AvgIpc) is 2.16. The van der Waals surface area contributed by atoms with Gasteiger partial charge in [0.2, 0.25) is 6.29 Å². The van der Waals surface area contributed by atoms with Gasteiger partial charge in [0.05, 0.1) is 6.04 Å². The molecule has 0 fully saturated rings. The van der Waals surface area contributed by atoms with Crippen LogP contribution in [-0.2, 0) is 11.2 Å². The minimum Gasteiger partial charge on any atom is -0.289 e. The number of carbonyl (C=O) groups excluding carboxylic acids is 1. The molecule has 0 aliphatic carbocycles. The Labute approximate surface area is 76.7 Å². The zero-order valence-electron chi connectivity index (χ0n) is 6.46. The molecule has 3 heteroatoms. The van der Waals surface area contributed by atoms with E-state index in [1.165, 1.54) is 0 Å². The molecule has 0 spiro atoms. The maximum Gasteiger partial charge on any atom is 0.218 e. The lowest BCUT2D eigenvalue weighted by Gasteiger charge is -2.05. The summed E-state index contributed by atoms with van der Waals surface area (Å²) in [6.45, 7) is 0. The molecule has 12 heavy (non-hydrogen) atoms. The van der Waals surface area contributed by atoms with E-state index >= 15 is 0 Å². The SMILES string of the molecule is O=[C]C(Cc1ccccc1)NCl. The quantitative estimate of drug-likeness (QED) is 0.715. The Balaban J connectivity index is 2.56. The van der Waals surface area contributed by atoms with E-state index in [0.29, 0.717) is 6.42 Å². The fourth-order valence-electron chi connectivity index (χ4n) is 0.952. The molecule has 0 aliphatic heterocycles. The van der Waals surface area contributed by atoms with Crippen molar-refractivity contribution < 1.29 is 4.79 Å². The van der Waals surface area contributed by atoms with Gasteiger partial charge in [-0.2, -0.15) is 0 Å². The smallest absolute Gasteiger partial charge is 0.218 e. The van der Waals surface area contributed by atoms with Gasteiger partial charge in [0.15, 0.2) is 0 Å². The van der Waals surface area contributed by atoms with Gasteiger partial charge >= 0.3 is 0 Å². The number of benzene rings is 1. The third-order valence-electron chi connectivity index (χ3n) is 1.56. The number of hydrogen-bond donors (Lipinski definition) is 1. The highest BCUT2D eigenvalue weighted by Gasteiger charge is 2.06. The molecule has 0 aliphatic rings. The van der Waals surface area contributed by atoms with E-state index in [1.54, 1.807) is 0 Å². The summed E-state index contributed by atoms with van der Waals surface area (Å²) in [7, 11) is 0. The lowest BCUT2D eigenvalue weighted by molar-refractivity contribution is 0.535. The highest BCUT2D eigenvalue weighted by molar-refractivity contribution is 6.14. The summed E-state index contributed by atoms with van der Waals surface area (Å²) < 4.78 is 0. The van der Waals surface area contributed by atoms with Crippen molar-refractivity contribution in [2.24, 2.45) is 0 Å². The first-order valence-corrected chi connectivity index (χ1v) is 4.02. The second kappa shape index (κ2) is 4.91. The van der Waals surface area contributed by atoms with Gasteiger partial charge in [-0.1, -0.05) is 30.3 Å². The second-order valence-corrected chi connectivity index (χ2v) is 2.69. The normalized spacial score (nSPS) is 12.4. The molecule has 1 unspecified atom stereocenters. The predicted molar refractivity (Wildman–Crippen MR) is 48.6 cm³/mol. The molecule has 0 heterocycles. The second-order valence-electron chi connectivity index (χ2n) is 2.47.